The summed E-state index contributed by atoms with van der Waals surface area (Å²) in [4.78, 5) is 4.42. The molecule has 1 unspecified atom stereocenters. The van der Waals surface area contributed by atoms with Gasteiger partial charge in [-0.25, -0.2) is 4.98 Å². The number of nitrogens with zero attached hydrogens (tertiary/aromatic N) is 1. The SMILES string of the molecule is COc1ccccc1CC(C)NCc1cccc(Br)n1. The minimum absolute atomic E-state index is 0.354. The van der Waals surface area contributed by atoms with Crippen molar-refractivity contribution in [1.29, 1.82) is 0 Å². The molecule has 4 heteroatoms. The lowest BCUT2D eigenvalue weighted by atomic mass is 10.1. The predicted molar refractivity (Wildman–Crippen MR) is 84.9 cm³/mol. The first-order valence-corrected chi connectivity index (χ1v) is 7.45. The summed E-state index contributed by atoms with van der Waals surface area (Å²) in [6, 6.07) is 14.4. The molecule has 0 amide bonds. The summed E-state index contributed by atoms with van der Waals surface area (Å²) < 4.78 is 6.25. The van der Waals surface area contributed by atoms with Crippen LogP contribution in [0, 0.1) is 0 Å². The highest BCUT2D eigenvalue weighted by Crippen LogP contribution is 2.18. The standard InChI is InChI=1S/C16H19BrN2O/c1-12(10-13-6-3-4-8-15(13)20-2)18-11-14-7-5-9-16(17)19-14/h3-9,12,18H,10-11H2,1-2H3. The Morgan fingerprint density at radius 1 is 1.20 bits per heavy atom. The normalized spacial score (nSPS) is 12.2. The number of ether oxygens (including phenoxy) is 1. The van der Waals surface area contributed by atoms with Crippen LogP contribution in [0.25, 0.3) is 0 Å². The topological polar surface area (TPSA) is 34.1 Å². The zero-order valence-corrected chi connectivity index (χ0v) is 13.4. The fourth-order valence-electron chi connectivity index (χ4n) is 2.10. The molecule has 1 aromatic heterocycles. The van der Waals surface area contributed by atoms with E-state index in [2.05, 4.69) is 39.2 Å². The van der Waals surface area contributed by atoms with Crippen LogP contribution in [0.4, 0.5) is 0 Å². The second-order valence-corrected chi connectivity index (χ2v) is 5.56. The Balaban J connectivity index is 1.91. The maximum Gasteiger partial charge on any atom is 0.122 e. The minimum Gasteiger partial charge on any atom is -0.496 e. The third-order valence-corrected chi connectivity index (χ3v) is 3.56. The van der Waals surface area contributed by atoms with Crippen molar-refractivity contribution in [2.24, 2.45) is 0 Å². The number of nitrogens with one attached hydrogen (secondary N) is 1. The van der Waals surface area contributed by atoms with E-state index in [0.717, 1.165) is 29.0 Å². The average Bonchev–Trinajstić information content (AvgIpc) is 2.46. The number of para-hydroxylation sites is 1. The van der Waals surface area contributed by atoms with E-state index in [1.54, 1.807) is 7.11 Å². The minimum atomic E-state index is 0.354. The van der Waals surface area contributed by atoms with Gasteiger partial charge in [-0.3, -0.25) is 0 Å². The maximum atomic E-state index is 5.38. The first-order chi connectivity index (χ1) is 9.69. The van der Waals surface area contributed by atoms with Crippen LogP contribution in [-0.2, 0) is 13.0 Å². The van der Waals surface area contributed by atoms with Gasteiger partial charge in [-0.15, -0.1) is 0 Å². The molecule has 1 atom stereocenters. The predicted octanol–water partition coefficient (Wildman–Crippen LogP) is 3.57. The number of rotatable bonds is 6. The lowest BCUT2D eigenvalue weighted by Crippen LogP contribution is -2.28. The third kappa shape index (κ3) is 4.32. The second-order valence-electron chi connectivity index (χ2n) is 4.75. The van der Waals surface area contributed by atoms with Crippen LogP contribution in [-0.4, -0.2) is 18.1 Å². The van der Waals surface area contributed by atoms with E-state index in [9.17, 15) is 0 Å². The highest BCUT2D eigenvalue weighted by Gasteiger charge is 2.08. The van der Waals surface area contributed by atoms with Gasteiger partial charge in [0, 0.05) is 12.6 Å². The summed E-state index contributed by atoms with van der Waals surface area (Å²) in [6.07, 6.45) is 0.929. The Morgan fingerprint density at radius 2 is 2.00 bits per heavy atom. The monoisotopic (exact) mass is 334 g/mol. The number of hydrogen-bond acceptors (Lipinski definition) is 3. The van der Waals surface area contributed by atoms with Crippen LogP contribution in [0.15, 0.2) is 47.1 Å². The van der Waals surface area contributed by atoms with E-state index < -0.39 is 0 Å². The Kier molecular flexibility index (Phi) is 5.56. The molecule has 0 saturated carbocycles. The summed E-state index contributed by atoms with van der Waals surface area (Å²) in [7, 11) is 1.71. The van der Waals surface area contributed by atoms with Crippen molar-refractivity contribution < 1.29 is 4.74 Å². The molecule has 0 spiro atoms. The van der Waals surface area contributed by atoms with Crippen molar-refractivity contribution in [3.63, 3.8) is 0 Å². The molecule has 1 aromatic carbocycles. The van der Waals surface area contributed by atoms with Gasteiger partial charge in [-0.2, -0.15) is 0 Å². The van der Waals surface area contributed by atoms with Crippen molar-refractivity contribution in [2.75, 3.05) is 7.11 Å². The van der Waals surface area contributed by atoms with Crippen LogP contribution in [0.5, 0.6) is 5.75 Å². The molecule has 20 heavy (non-hydrogen) atoms. The molecule has 106 valence electrons. The van der Waals surface area contributed by atoms with E-state index in [1.807, 2.05) is 36.4 Å². The van der Waals surface area contributed by atoms with Gasteiger partial charge in [0.15, 0.2) is 0 Å². The molecule has 3 nitrogen and oxygen atoms in total. The van der Waals surface area contributed by atoms with Gasteiger partial charge in [0.2, 0.25) is 0 Å². The van der Waals surface area contributed by atoms with Crippen molar-refractivity contribution in [1.82, 2.24) is 10.3 Å². The van der Waals surface area contributed by atoms with E-state index >= 15 is 0 Å². The first kappa shape index (κ1) is 15.0. The zero-order valence-electron chi connectivity index (χ0n) is 11.8. The molecule has 2 rings (SSSR count). The van der Waals surface area contributed by atoms with Crippen molar-refractivity contribution in [3.05, 3.63) is 58.3 Å². The van der Waals surface area contributed by atoms with Crippen LogP contribution in [0.2, 0.25) is 0 Å². The Morgan fingerprint density at radius 3 is 2.75 bits per heavy atom. The molecule has 0 saturated heterocycles. The van der Waals surface area contributed by atoms with Gasteiger partial charge < -0.3 is 10.1 Å². The number of halogens is 1. The summed E-state index contributed by atoms with van der Waals surface area (Å²) in [5.41, 5.74) is 2.25. The molecule has 0 aliphatic rings. The molecular formula is C16H19BrN2O. The molecule has 0 bridgehead atoms. The molecule has 0 fully saturated rings. The summed E-state index contributed by atoms with van der Waals surface area (Å²) in [6.45, 7) is 2.93. The summed E-state index contributed by atoms with van der Waals surface area (Å²) in [5.74, 6) is 0.946. The first-order valence-electron chi connectivity index (χ1n) is 6.65. The summed E-state index contributed by atoms with van der Waals surface area (Å²) in [5, 5.41) is 3.49. The number of pyridine rings is 1. The van der Waals surface area contributed by atoms with E-state index in [4.69, 9.17) is 4.74 Å². The average molecular weight is 335 g/mol. The summed E-state index contributed by atoms with van der Waals surface area (Å²) >= 11 is 3.39. The highest BCUT2D eigenvalue weighted by atomic mass is 79.9. The maximum absolute atomic E-state index is 5.38. The van der Waals surface area contributed by atoms with Gasteiger partial charge in [0.1, 0.15) is 10.4 Å². The van der Waals surface area contributed by atoms with Gasteiger partial charge in [0.25, 0.3) is 0 Å². The van der Waals surface area contributed by atoms with Crippen LogP contribution < -0.4 is 10.1 Å². The van der Waals surface area contributed by atoms with E-state index in [0.29, 0.717) is 6.04 Å². The Labute approximate surface area is 128 Å². The molecule has 0 aliphatic carbocycles. The smallest absolute Gasteiger partial charge is 0.122 e. The second kappa shape index (κ2) is 7.41. The highest BCUT2D eigenvalue weighted by molar-refractivity contribution is 9.10. The number of hydrogen-bond donors (Lipinski definition) is 1. The molecule has 2 aromatic rings. The van der Waals surface area contributed by atoms with Crippen LogP contribution in [0.3, 0.4) is 0 Å². The fourth-order valence-corrected chi connectivity index (χ4v) is 2.48. The molecule has 0 aliphatic heterocycles. The quantitative estimate of drug-likeness (QED) is 0.820. The van der Waals surface area contributed by atoms with E-state index in [-0.39, 0.29) is 0 Å². The lowest BCUT2D eigenvalue weighted by molar-refractivity contribution is 0.406. The van der Waals surface area contributed by atoms with E-state index in [1.165, 1.54) is 5.56 Å². The van der Waals surface area contributed by atoms with Crippen molar-refractivity contribution >= 4 is 15.9 Å². The third-order valence-electron chi connectivity index (χ3n) is 3.12. The van der Waals surface area contributed by atoms with Crippen molar-refractivity contribution in [2.45, 2.75) is 25.9 Å². The molecule has 1 N–H and O–H groups in total. The number of methoxy groups -OCH3 is 1. The fraction of sp³-hybridized carbons (Fsp3) is 0.312. The number of aromatic nitrogens is 1. The van der Waals surface area contributed by atoms with Crippen LogP contribution >= 0.6 is 15.9 Å². The molecular weight excluding hydrogens is 316 g/mol. The van der Waals surface area contributed by atoms with Crippen LogP contribution in [0.1, 0.15) is 18.2 Å². The zero-order chi connectivity index (χ0) is 14.4. The largest absolute Gasteiger partial charge is 0.496 e. The lowest BCUT2D eigenvalue weighted by Gasteiger charge is -2.15. The molecule has 1 heterocycles. The van der Waals surface area contributed by atoms with Gasteiger partial charge in [0.05, 0.1) is 12.8 Å². The Hall–Kier alpha value is -1.39. The van der Waals surface area contributed by atoms with Crippen molar-refractivity contribution in [3.8, 4) is 5.75 Å². The van der Waals surface area contributed by atoms with Gasteiger partial charge in [-0.1, -0.05) is 24.3 Å². The van der Waals surface area contributed by atoms with Gasteiger partial charge in [-0.05, 0) is 53.0 Å². The van der Waals surface area contributed by atoms with Gasteiger partial charge >= 0.3 is 0 Å². The number of benzene rings is 1. The molecule has 0 radical (unpaired) electrons. The Bertz CT molecular complexity index is 560.